The molecule has 0 aliphatic rings. The molecular formula is C12H15N5O3. The summed E-state index contributed by atoms with van der Waals surface area (Å²) in [5, 5.41) is 4.03. The number of carbonyl (C=O) groups is 1. The highest BCUT2D eigenvalue weighted by Crippen LogP contribution is 2.15. The van der Waals surface area contributed by atoms with Gasteiger partial charge in [0.1, 0.15) is 0 Å². The van der Waals surface area contributed by atoms with Gasteiger partial charge in [-0.15, -0.1) is 0 Å². The molecule has 0 radical (unpaired) electrons. The third-order valence-corrected chi connectivity index (χ3v) is 2.41. The average Bonchev–Trinajstić information content (AvgIpc) is 2.86. The van der Waals surface area contributed by atoms with Gasteiger partial charge < -0.3 is 15.2 Å². The molecule has 0 fully saturated rings. The second-order valence-electron chi connectivity index (χ2n) is 3.93. The molecule has 8 heteroatoms. The minimum atomic E-state index is -0.604. The number of methoxy groups -OCH3 is 1. The fraction of sp³-hybridized carbons (Fsp3) is 0.333. The van der Waals surface area contributed by atoms with Crippen molar-refractivity contribution in [3.8, 4) is 11.7 Å². The smallest absolute Gasteiger partial charge is 0.360 e. The van der Waals surface area contributed by atoms with Gasteiger partial charge in [0.05, 0.1) is 38.0 Å². The second kappa shape index (κ2) is 6.00. The van der Waals surface area contributed by atoms with E-state index >= 15 is 0 Å². The molecule has 2 N–H and O–H groups in total. The normalized spacial score (nSPS) is 10.3. The van der Waals surface area contributed by atoms with Gasteiger partial charge in [-0.1, -0.05) is 6.92 Å². The predicted molar refractivity (Wildman–Crippen MR) is 70.7 cm³/mol. The highest BCUT2D eigenvalue weighted by Gasteiger charge is 2.16. The van der Waals surface area contributed by atoms with E-state index in [1.807, 2.05) is 6.92 Å². The summed E-state index contributed by atoms with van der Waals surface area (Å²) >= 11 is 0. The molecular weight excluding hydrogens is 262 g/mol. The van der Waals surface area contributed by atoms with Crippen LogP contribution in [0.25, 0.3) is 5.82 Å². The maximum atomic E-state index is 11.4. The zero-order chi connectivity index (χ0) is 14.5. The summed E-state index contributed by atoms with van der Waals surface area (Å²) in [7, 11) is 1.26. The molecule has 0 aliphatic heterocycles. The fourth-order valence-corrected chi connectivity index (χ4v) is 1.48. The van der Waals surface area contributed by atoms with Gasteiger partial charge in [-0.3, -0.25) is 4.98 Å². The zero-order valence-electron chi connectivity index (χ0n) is 11.2. The number of ether oxygens (including phenoxy) is 2. The third kappa shape index (κ3) is 2.85. The van der Waals surface area contributed by atoms with Gasteiger partial charge in [-0.25, -0.2) is 9.48 Å². The Balaban J connectivity index is 2.29. The minimum Gasteiger partial charge on any atom is -0.477 e. The number of rotatable bonds is 5. The lowest BCUT2D eigenvalue weighted by atomic mass is 10.4. The maximum absolute atomic E-state index is 11.4. The van der Waals surface area contributed by atoms with Gasteiger partial charge in [-0.05, 0) is 6.42 Å². The molecule has 2 aromatic heterocycles. The Hall–Kier alpha value is -2.64. The van der Waals surface area contributed by atoms with Crippen molar-refractivity contribution < 1.29 is 14.3 Å². The molecule has 0 aromatic carbocycles. The highest BCUT2D eigenvalue weighted by molar-refractivity contribution is 5.92. The van der Waals surface area contributed by atoms with Crippen molar-refractivity contribution in [2.45, 2.75) is 13.3 Å². The minimum absolute atomic E-state index is 0.0363. The van der Waals surface area contributed by atoms with Crippen LogP contribution in [0, 0.1) is 0 Å². The van der Waals surface area contributed by atoms with E-state index in [1.54, 1.807) is 0 Å². The molecule has 20 heavy (non-hydrogen) atoms. The van der Waals surface area contributed by atoms with Crippen LogP contribution in [0.5, 0.6) is 5.88 Å². The fourth-order valence-electron chi connectivity index (χ4n) is 1.48. The largest absolute Gasteiger partial charge is 0.477 e. The van der Waals surface area contributed by atoms with Gasteiger partial charge in [-0.2, -0.15) is 10.1 Å². The molecule has 106 valence electrons. The van der Waals surface area contributed by atoms with Crippen LogP contribution < -0.4 is 10.5 Å². The van der Waals surface area contributed by atoms with E-state index in [-0.39, 0.29) is 11.4 Å². The molecule has 2 rings (SSSR count). The number of carbonyl (C=O) groups excluding carboxylic acids is 1. The molecule has 0 unspecified atom stereocenters. The molecule has 8 nitrogen and oxygen atoms in total. The van der Waals surface area contributed by atoms with E-state index in [9.17, 15) is 4.79 Å². The van der Waals surface area contributed by atoms with Crippen molar-refractivity contribution in [2.75, 3.05) is 19.5 Å². The zero-order valence-corrected chi connectivity index (χ0v) is 11.2. The number of hydrogen-bond acceptors (Lipinski definition) is 7. The molecule has 0 spiro atoms. The van der Waals surface area contributed by atoms with Crippen molar-refractivity contribution in [3.63, 3.8) is 0 Å². The van der Waals surface area contributed by atoms with Crippen molar-refractivity contribution in [3.05, 3.63) is 24.3 Å². The molecule has 0 saturated carbocycles. The third-order valence-electron chi connectivity index (χ3n) is 2.41. The summed E-state index contributed by atoms with van der Waals surface area (Å²) in [6, 6.07) is 0. The van der Waals surface area contributed by atoms with E-state index in [1.165, 1.54) is 30.4 Å². The first-order valence-corrected chi connectivity index (χ1v) is 6.04. The molecule has 0 saturated heterocycles. The Morgan fingerprint density at radius 3 is 2.95 bits per heavy atom. The Labute approximate surface area is 115 Å². The van der Waals surface area contributed by atoms with Crippen LogP contribution >= 0.6 is 0 Å². The van der Waals surface area contributed by atoms with Crippen LogP contribution in [0.15, 0.2) is 18.6 Å². The average molecular weight is 277 g/mol. The van der Waals surface area contributed by atoms with Gasteiger partial charge in [0.2, 0.25) is 5.88 Å². The van der Waals surface area contributed by atoms with Gasteiger partial charge in [0.25, 0.3) is 0 Å². The number of nitrogen functional groups attached to an aromatic ring is 1. The van der Waals surface area contributed by atoms with E-state index < -0.39 is 5.97 Å². The topological polar surface area (TPSA) is 105 Å². The van der Waals surface area contributed by atoms with Gasteiger partial charge in [0, 0.05) is 0 Å². The number of nitrogens with zero attached hydrogens (tertiary/aromatic N) is 4. The van der Waals surface area contributed by atoms with Crippen LogP contribution in [-0.4, -0.2) is 39.4 Å². The number of hydrogen-bond donors (Lipinski definition) is 1. The summed E-state index contributed by atoms with van der Waals surface area (Å²) < 4.78 is 11.3. The number of esters is 1. The van der Waals surface area contributed by atoms with Gasteiger partial charge in [0.15, 0.2) is 11.5 Å². The maximum Gasteiger partial charge on any atom is 0.360 e. The van der Waals surface area contributed by atoms with E-state index in [0.717, 1.165) is 6.42 Å². The lowest BCUT2D eigenvalue weighted by Crippen LogP contribution is -2.07. The predicted octanol–water partition coefficient (Wildman–Crippen LogP) is 0.820. The Morgan fingerprint density at radius 2 is 2.25 bits per heavy atom. The second-order valence-corrected chi connectivity index (χ2v) is 3.93. The van der Waals surface area contributed by atoms with Gasteiger partial charge >= 0.3 is 5.97 Å². The summed E-state index contributed by atoms with van der Waals surface area (Å²) in [4.78, 5) is 19.7. The van der Waals surface area contributed by atoms with Crippen LogP contribution in [0.2, 0.25) is 0 Å². The Kier molecular flexibility index (Phi) is 4.14. The molecule has 0 aliphatic carbocycles. The van der Waals surface area contributed by atoms with Crippen molar-refractivity contribution >= 4 is 11.7 Å². The lowest BCUT2D eigenvalue weighted by molar-refractivity contribution is 0.0594. The summed E-state index contributed by atoms with van der Waals surface area (Å²) in [5.74, 6) is 0.186. The van der Waals surface area contributed by atoms with Crippen molar-refractivity contribution in [1.82, 2.24) is 19.7 Å². The van der Waals surface area contributed by atoms with Crippen molar-refractivity contribution in [2.24, 2.45) is 0 Å². The first-order chi connectivity index (χ1) is 9.65. The van der Waals surface area contributed by atoms with Crippen LogP contribution in [0.4, 0.5) is 5.69 Å². The molecule has 2 aromatic rings. The number of anilines is 1. The first-order valence-electron chi connectivity index (χ1n) is 6.04. The van der Waals surface area contributed by atoms with E-state index in [4.69, 9.17) is 10.5 Å². The Bertz CT molecular complexity index is 611. The quantitative estimate of drug-likeness (QED) is 0.806. The SMILES string of the molecule is CCCOc1cncc(-n2cc(N)c(C(=O)OC)n2)n1. The summed E-state index contributed by atoms with van der Waals surface area (Å²) in [6.07, 6.45) is 5.34. The van der Waals surface area contributed by atoms with E-state index in [0.29, 0.717) is 18.3 Å². The molecule has 2 heterocycles. The standard InChI is InChI=1S/C12H15N5O3/c1-3-4-20-10-6-14-5-9(15-10)17-7-8(13)11(16-17)12(18)19-2/h5-7H,3-4,13H2,1-2H3. The monoisotopic (exact) mass is 277 g/mol. The summed E-state index contributed by atoms with van der Waals surface area (Å²) in [5.41, 5.74) is 5.95. The molecule has 0 amide bonds. The molecule has 0 bridgehead atoms. The van der Waals surface area contributed by atoms with Crippen LogP contribution in [0.3, 0.4) is 0 Å². The highest BCUT2D eigenvalue weighted by atomic mass is 16.5. The molecule has 0 atom stereocenters. The van der Waals surface area contributed by atoms with E-state index in [2.05, 4.69) is 19.8 Å². The lowest BCUT2D eigenvalue weighted by Gasteiger charge is -2.04. The van der Waals surface area contributed by atoms with Crippen LogP contribution in [0.1, 0.15) is 23.8 Å². The number of nitrogens with two attached hydrogens (primary N) is 1. The summed E-state index contributed by atoms with van der Waals surface area (Å²) in [6.45, 7) is 2.54. The first kappa shape index (κ1) is 13.8. The Morgan fingerprint density at radius 1 is 1.45 bits per heavy atom. The number of aromatic nitrogens is 4. The van der Waals surface area contributed by atoms with Crippen LogP contribution in [-0.2, 0) is 4.74 Å². The van der Waals surface area contributed by atoms with Crippen molar-refractivity contribution in [1.29, 1.82) is 0 Å².